The number of aromatic nitrogens is 1. The fraction of sp³-hybridized carbons (Fsp3) is 0.400. The van der Waals surface area contributed by atoms with Gasteiger partial charge in [-0.05, 0) is 6.42 Å². The van der Waals surface area contributed by atoms with Crippen LogP contribution in [0, 0.1) is 0 Å². The summed E-state index contributed by atoms with van der Waals surface area (Å²) in [4.78, 5) is 27.0. The summed E-state index contributed by atoms with van der Waals surface area (Å²) < 4.78 is 0.999. The Morgan fingerprint density at radius 1 is 1.33 bits per heavy atom. The molecule has 0 spiro atoms. The zero-order valence-corrected chi connectivity index (χ0v) is 11.6. The minimum atomic E-state index is -0.611. The third kappa shape index (κ3) is 4.43. The van der Waals surface area contributed by atoms with Crippen LogP contribution in [0.5, 0.6) is 11.8 Å². The van der Waals surface area contributed by atoms with Crippen LogP contribution in [0.25, 0.3) is 0 Å². The lowest BCUT2D eigenvalue weighted by atomic mass is 10.3. The molecular weight excluding hydrogens is 355 g/mol. The number of nitrogens with one attached hydrogen (secondary N) is 1. The first-order chi connectivity index (χ1) is 8.54. The van der Waals surface area contributed by atoms with Gasteiger partial charge in [0.1, 0.15) is 0 Å². The highest BCUT2D eigenvalue weighted by Gasteiger charge is 2.11. The van der Waals surface area contributed by atoms with Gasteiger partial charge < -0.3 is 20.4 Å². The molecule has 0 saturated heterocycles. The van der Waals surface area contributed by atoms with Gasteiger partial charge in [0, 0.05) is 25.1 Å². The van der Waals surface area contributed by atoms with Gasteiger partial charge in [-0.3, -0.25) is 4.79 Å². The largest absolute Gasteiger partial charge is 0.492 e. The summed E-state index contributed by atoms with van der Waals surface area (Å²) >= 11 is 1.94. The molecule has 0 aliphatic heterocycles. The third-order valence-corrected chi connectivity index (χ3v) is 2.68. The number of carbonyl (C=O) groups is 2. The van der Waals surface area contributed by atoms with Gasteiger partial charge in [-0.15, -0.1) is 4.73 Å². The lowest BCUT2D eigenvalue weighted by Gasteiger charge is -2.07. The van der Waals surface area contributed by atoms with E-state index in [1.54, 1.807) is 0 Å². The van der Waals surface area contributed by atoms with Crippen LogP contribution in [0.3, 0.4) is 0 Å². The number of hydrogen-bond donors (Lipinski definition) is 3. The van der Waals surface area contributed by atoms with Crippen LogP contribution in [0.1, 0.15) is 12.8 Å². The predicted molar refractivity (Wildman–Crippen MR) is 70.5 cm³/mol. The Hall–Kier alpha value is -1.45. The molecule has 0 atom stereocenters. The van der Waals surface area contributed by atoms with E-state index >= 15 is 0 Å². The van der Waals surface area contributed by atoms with E-state index in [2.05, 4.69) is 5.32 Å². The SMILES string of the molecule is O=C(CI)NCCCC(=O)On1c(O)ccc1O. The Labute approximate surface area is 117 Å². The molecule has 0 aromatic carbocycles. The highest BCUT2D eigenvalue weighted by Crippen LogP contribution is 2.18. The van der Waals surface area contributed by atoms with Gasteiger partial charge in [-0.1, -0.05) is 22.6 Å². The van der Waals surface area contributed by atoms with Crippen LogP contribution in [0.15, 0.2) is 12.1 Å². The molecule has 1 aromatic rings. The average Bonchev–Trinajstić information content (AvgIpc) is 2.66. The minimum Gasteiger partial charge on any atom is -0.492 e. The molecule has 1 heterocycles. The summed E-state index contributed by atoms with van der Waals surface area (Å²) in [6.45, 7) is 0.376. The number of halogens is 1. The first-order valence-corrected chi connectivity index (χ1v) is 6.70. The molecule has 18 heavy (non-hydrogen) atoms. The van der Waals surface area contributed by atoms with E-state index < -0.39 is 5.97 Å². The van der Waals surface area contributed by atoms with Crippen LogP contribution >= 0.6 is 22.6 Å². The number of hydrogen-bond acceptors (Lipinski definition) is 5. The Morgan fingerprint density at radius 2 is 1.94 bits per heavy atom. The number of carbonyl (C=O) groups excluding carboxylic acids is 2. The molecule has 8 heteroatoms. The smallest absolute Gasteiger partial charge is 0.333 e. The van der Waals surface area contributed by atoms with E-state index in [4.69, 9.17) is 4.84 Å². The number of aromatic hydroxyl groups is 2. The van der Waals surface area contributed by atoms with Crippen molar-refractivity contribution in [2.45, 2.75) is 12.8 Å². The van der Waals surface area contributed by atoms with Gasteiger partial charge in [0.2, 0.25) is 17.7 Å². The highest BCUT2D eigenvalue weighted by molar-refractivity contribution is 14.1. The summed E-state index contributed by atoms with van der Waals surface area (Å²) in [5, 5.41) is 21.1. The zero-order valence-electron chi connectivity index (χ0n) is 9.43. The Morgan fingerprint density at radius 3 is 2.50 bits per heavy atom. The summed E-state index contributed by atoms with van der Waals surface area (Å²) in [5.41, 5.74) is 0. The average molecular weight is 368 g/mol. The lowest BCUT2D eigenvalue weighted by Crippen LogP contribution is -2.26. The van der Waals surface area contributed by atoms with E-state index in [0.717, 1.165) is 0 Å². The fourth-order valence-electron chi connectivity index (χ4n) is 1.15. The topological polar surface area (TPSA) is 101 Å². The summed E-state index contributed by atoms with van der Waals surface area (Å²) in [5.74, 6) is -1.43. The van der Waals surface area contributed by atoms with E-state index in [1.165, 1.54) is 12.1 Å². The molecule has 0 unspecified atom stereocenters. The van der Waals surface area contributed by atoms with Crippen molar-refractivity contribution >= 4 is 34.5 Å². The Balaban J connectivity index is 2.28. The first kappa shape index (κ1) is 14.6. The number of alkyl halides is 1. The van der Waals surface area contributed by atoms with Crippen molar-refractivity contribution < 1.29 is 24.6 Å². The molecule has 0 bridgehead atoms. The number of nitrogens with zero attached hydrogens (tertiary/aromatic N) is 1. The van der Waals surface area contributed by atoms with E-state index in [1.807, 2.05) is 22.6 Å². The van der Waals surface area contributed by atoms with Gasteiger partial charge in [-0.2, -0.15) is 0 Å². The molecule has 0 aliphatic rings. The summed E-state index contributed by atoms with van der Waals surface area (Å²) in [6, 6.07) is 2.40. The Bertz CT molecular complexity index is 412. The first-order valence-electron chi connectivity index (χ1n) is 5.18. The van der Waals surface area contributed by atoms with Gasteiger partial charge in [0.05, 0.1) is 4.43 Å². The predicted octanol–water partition coefficient (Wildman–Crippen LogP) is 0.186. The maximum Gasteiger partial charge on any atom is 0.333 e. The Kier molecular flexibility index (Phi) is 5.75. The van der Waals surface area contributed by atoms with Crippen LogP contribution in [0.4, 0.5) is 0 Å². The van der Waals surface area contributed by atoms with Gasteiger partial charge in [0.15, 0.2) is 0 Å². The van der Waals surface area contributed by atoms with Crippen LogP contribution in [0.2, 0.25) is 0 Å². The molecule has 0 saturated carbocycles. The molecule has 3 N–H and O–H groups in total. The maximum absolute atomic E-state index is 11.3. The van der Waals surface area contributed by atoms with Crippen LogP contribution in [-0.4, -0.2) is 37.8 Å². The maximum atomic E-state index is 11.3. The molecule has 1 amide bonds. The quantitative estimate of drug-likeness (QED) is 0.378. The molecule has 1 rings (SSSR count). The van der Waals surface area contributed by atoms with E-state index in [0.29, 0.717) is 22.1 Å². The summed E-state index contributed by atoms with van der Waals surface area (Å²) in [7, 11) is 0. The molecule has 100 valence electrons. The summed E-state index contributed by atoms with van der Waals surface area (Å²) in [6.07, 6.45) is 0.489. The van der Waals surface area contributed by atoms with Gasteiger partial charge >= 0.3 is 5.97 Å². The van der Waals surface area contributed by atoms with Gasteiger partial charge in [0.25, 0.3) is 0 Å². The molecule has 7 nitrogen and oxygen atoms in total. The lowest BCUT2D eigenvalue weighted by molar-refractivity contribution is -0.145. The van der Waals surface area contributed by atoms with Crippen molar-refractivity contribution in [1.82, 2.24) is 10.0 Å². The standard InChI is InChI=1S/C10H13IN2O5/c11-6-7(14)12-5-1-2-10(17)18-13-8(15)3-4-9(13)16/h3-4,15-16H,1-2,5-6H2,(H,12,14). The fourth-order valence-corrected chi connectivity index (χ4v) is 1.42. The second-order valence-corrected chi connectivity index (χ2v) is 4.16. The monoisotopic (exact) mass is 368 g/mol. The van der Waals surface area contributed by atoms with Crippen molar-refractivity contribution in [2.24, 2.45) is 0 Å². The van der Waals surface area contributed by atoms with Crippen molar-refractivity contribution in [3.05, 3.63) is 12.1 Å². The number of amides is 1. The van der Waals surface area contributed by atoms with Crippen molar-refractivity contribution in [3.63, 3.8) is 0 Å². The van der Waals surface area contributed by atoms with Crippen LogP contribution in [-0.2, 0) is 9.59 Å². The number of rotatable bonds is 6. The van der Waals surface area contributed by atoms with E-state index in [-0.39, 0.29) is 24.1 Å². The van der Waals surface area contributed by atoms with E-state index in [9.17, 15) is 19.8 Å². The normalized spacial score (nSPS) is 10.1. The second kappa shape index (κ2) is 7.09. The second-order valence-electron chi connectivity index (χ2n) is 3.39. The van der Waals surface area contributed by atoms with Crippen molar-refractivity contribution in [1.29, 1.82) is 0 Å². The molecule has 0 radical (unpaired) electrons. The van der Waals surface area contributed by atoms with Crippen LogP contribution < -0.4 is 10.2 Å². The van der Waals surface area contributed by atoms with Crippen molar-refractivity contribution in [3.8, 4) is 11.8 Å². The molecule has 0 aliphatic carbocycles. The van der Waals surface area contributed by atoms with Gasteiger partial charge in [-0.25, -0.2) is 4.79 Å². The highest BCUT2D eigenvalue weighted by atomic mass is 127. The minimum absolute atomic E-state index is 0.0680. The molecular formula is C10H13IN2O5. The zero-order chi connectivity index (χ0) is 13.5. The molecule has 0 fully saturated rings. The van der Waals surface area contributed by atoms with Crippen molar-refractivity contribution in [2.75, 3.05) is 11.0 Å². The third-order valence-electron chi connectivity index (χ3n) is 1.99. The molecule has 1 aromatic heterocycles.